The van der Waals surface area contributed by atoms with Crippen LogP contribution in [0.1, 0.15) is 23.7 Å². The number of aryl methyl sites for hydroxylation is 1. The van der Waals surface area contributed by atoms with Crippen molar-refractivity contribution < 1.29 is 8.42 Å². The van der Waals surface area contributed by atoms with Crippen LogP contribution in [-0.2, 0) is 16.6 Å². The summed E-state index contributed by atoms with van der Waals surface area (Å²) in [6.45, 7) is 6.61. The smallest absolute Gasteiger partial charge is 0.209 e. The standard InChI is InChI=1S/C12H23N5O2S2.HI/c1-9-6-14-10(20-9)7-15-11(13-4)16-8-12(2,3)17-21(5,18)19;/h6,17H,7-8H2,1-5H3,(H2,13,15,16);1H. The maximum absolute atomic E-state index is 11.3. The molecule has 1 aromatic heterocycles. The summed E-state index contributed by atoms with van der Waals surface area (Å²) in [5.41, 5.74) is -0.608. The molecule has 22 heavy (non-hydrogen) atoms. The summed E-state index contributed by atoms with van der Waals surface area (Å²) in [7, 11) is -1.58. The SMILES string of the molecule is CN=C(NCc1ncc(C)s1)NCC(C)(C)NS(C)(=O)=O.I. The third kappa shape index (κ3) is 8.86. The average Bonchev–Trinajstić information content (AvgIpc) is 2.72. The molecule has 10 heteroatoms. The Morgan fingerprint density at radius 1 is 1.41 bits per heavy atom. The molecule has 0 saturated heterocycles. The first-order valence-electron chi connectivity index (χ1n) is 6.46. The van der Waals surface area contributed by atoms with E-state index in [-0.39, 0.29) is 24.0 Å². The van der Waals surface area contributed by atoms with Crippen LogP contribution in [0.2, 0.25) is 0 Å². The van der Waals surface area contributed by atoms with Gasteiger partial charge in [0.15, 0.2) is 5.96 Å². The lowest BCUT2D eigenvalue weighted by Gasteiger charge is -2.26. The molecule has 0 fully saturated rings. The van der Waals surface area contributed by atoms with Crippen LogP contribution in [0.15, 0.2) is 11.2 Å². The van der Waals surface area contributed by atoms with E-state index in [9.17, 15) is 8.42 Å². The highest BCUT2D eigenvalue weighted by atomic mass is 127. The van der Waals surface area contributed by atoms with Crippen LogP contribution in [0.5, 0.6) is 0 Å². The second-order valence-corrected chi connectivity index (χ2v) is 8.47. The van der Waals surface area contributed by atoms with Crippen LogP contribution in [0.25, 0.3) is 0 Å². The van der Waals surface area contributed by atoms with Crippen LogP contribution in [0, 0.1) is 6.92 Å². The third-order valence-corrected chi connectivity index (χ3v) is 4.30. The quantitative estimate of drug-likeness (QED) is 0.335. The van der Waals surface area contributed by atoms with Crippen molar-refractivity contribution in [3.63, 3.8) is 0 Å². The van der Waals surface area contributed by atoms with Gasteiger partial charge in [-0.3, -0.25) is 4.99 Å². The number of guanidine groups is 1. The van der Waals surface area contributed by atoms with E-state index in [4.69, 9.17) is 0 Å². The Hall–Kier alpha value is -0.460. The van der Waals surface area contributed by atoms with Crippen molar-refractivity contribution in [2.75, 3.05) is 19.8 Å². The summed E-state index contributed by atoms with van der Waals surface area (Å²) in [5, 5.41) is 7.22. The minimum Gasteiger partial charge on any atom is -0.355 e. The molecule has 1 rings (SSSR count). The molecule has 0 aliphatic rings. The summed E-state index contributed by atoms with van der Waals surface area (Å²) in [6.07, 6.45) is 2.98. The number of thiazole rings is 1. The Kier molecular flexibility index (Phi) is 8.80. The van der Waals surface area contributed by atoms with Crippen LogP contribution in [-0.4, -0.2) is 44.7 Å². The first-order valence-corrected chi connectivity index (χ1v) is 9.17. The van der Waals surface area contributed by atoms with Crippen molar-refractivity contribution in [1.29, 1.82) is 0 Å². The number of rotatable bonds is 6. The van der Waals surface area contributed by atoms with Crippen molar-refractivity contribution in [1.82, 2.24) is 20.3 Å². The number of sulfonamides is 1. The Balaban J connectivity index is 0.00000441. The van der Waals surface area contributed by atoms with E-state index in [0.29, 0.717) is 19.0 Å². The summed E-state index contributed by atoms with van der Waals surface area (Å²) >= 11 is 1.62. The van der Waals surface area contributed by atoms with Gasteiger partial charge in [-0.1, -0.05) is 0 Å². The molecule has 0 aliphatic carbocycles. The lowest BCUT2D eigenvalue weighted by atomic mass is 10.1. The molecule has 0 atom stereocenters. The molecule has 128 valence electrons. The molecule has 0 aromatic carbocycles. The van der Waals surface area contributed by atoms with Crippen molar-refractivity contribution in [3.05, 3.63) is 16.1 Å². The molecule has 7 nitrogen and oxygen atoms in total. The fourth-order valence-electron chi connectivity index (χ4n) is 1.71. The fraction of sp³-hybridized carbons (Fsp3) is 0.667. The monoisotopic (exact) mass is 461 g/mol. The highest BCUT2D eigenvalue weighted by molar-refractivity contribution is 14.0. The van der Waals surface area contributed by atoms with E-state index in [1.165, 1.54) is 0 Å². The number of hydrogen-bond donors (Lipinski definition) is 3. The van der Waals surface area contributed by atoms with Crippen LogP contribution in [0.4, 0.5) is 0 Å². The number of nitrogens with zero attached hydrogens (tertiary/aromatic N) is 2. The van der Waals surface area contributed by atoms with Crippen molar-refractivity contribution in [2.45, 2.75) is 32.9 Å². The van der Waals surface area contributed by atoms with E-state index < -0.39 is 15.6 Å². The van der Waals surface area contributed by atoms with Gasteiger partial charge in [0.05, 0.1) is 12.8 Å². The van der Waals surface area contributed by atoms with Gasteiger partial charge in [0.2, 0.25) is 10.0 Å². The van der Waals surface area contributed by atoms with Gasteiger partial charge >= 0.3 is 0 Å². The zero-order valence-corrected chi connectivity index (χ0v) is 17.4. The van der Waals surface area contributed by atoms with E-state index >= 15 is 0 Å². The molecule has 0 radical (unpaired) electrons. The highest BCUT2D eigenvalue weighted by Gasteiger charge is 2.22. The predicted octanol–water partition coefficient (Wildman–Crippen LogP) is 1.06. The Bertz CT molecular complexity index is 598. The first-order chi connectivity index (χ1) is 9.61. The molecule has 0 saturated carbocycles. The normalized spacial score (nSPS) is 12.7. The fourth-order valence-corrected chi connectivity index (χ4v) is 3.51. The molecule has 1 aromatic rings. The highest BCUT2D eigenvalue weighted by Crippen LogP contribution is 2.10. The number of aromatic nitrogens is 1. The topological polar surface area (TPSA) is 95.5 Å². The van der Waals surface area contributed by atoms with Crippen LogP contribution >= 0.6 is 35.3 Å². The molecule has 1 heterocycles. The number of halogens is 1. The van der Waals surface area contributed by atoms with Gasteiger partial charge in [-0.05, 0) is 20.8 Å². The molecule has 0 bridgehead atoms. The Morgan fingerprint density at radius 3 is 2.50 bits per heavy atom. The van der Waals surface area contributed by atoms with Gasteiger partial charge in [0.25, 0.3) is 0 Å². The van der Waals surface area contributed by atoms with E-state index in [1.54, 1.807) is 32.2 Å². The largest absolute Gasteiger partial charge is 0.355 e. The Labute approximate surface area is 153 Å². The maximum atomic E-state index is 11.3. The van der Waals surface area contributed by atoms with Gasteiger partial charge in [0, 0.05) is 30.2 Å². The van der Waals surface area contributed by atoms with Crippen molar-refractivity contribution >= 4 is 51.3 Å². The van der Waals surface area contributed by atoms with Gasteiger partial charge in [-0.2, -0.15) is 0 Å². The summed E-state index contributed by atoms with van der Waals surface area (Å²) < 4.78 is 25.1. The Morgan fingerprint density at radius 2 is 2.05 bits per heavy atom. The molecule has 0 unspecified atom stereocenters. The van der Waals surface area contributed by atoms with Crippen LogP contribution in [0.3, 0.4) is 0 Å². The molecule has 3 N–H and O–H groups in total. The van der Waals surface area contributed by atoms with E-state index in [1.807, 2.05) is 13.1 Å². The van der Waals surface area contributed by atoms with E-state index in [2.05, 4.69) is 25.3 Å². The molecular weight excluding hydrogens is 437 g/mol. The van der Waals surface area contributed by atoms with Crippen molar-refractivity contribution in [2.24, 2.45) is 4.99 Å². The maximum Gasteiger partial charge on any atom is 0.209 e. The second-order valence-electron chi connectivity index (χ2n) is 5.40. The minimum atomic E-state index is -3.25. The van der Waals surface area contributed by atoms with Gasteiger partial charge in [-0.25, -0.2) is 18.1 Å². The van der Waals surface area contributed by atoms with Crippen molar-refractivity contribution in [3.8, 4) is 0 Å². The van der Waals surface area contributed by atoms with Gasteiger partial charge < -0.3 is 10.6 Å². The summed E-state index contributed by atoms with van der Waals surface area (Å²) in [4.78, 5) is 9.52. The molecular formula is C12H24IN5O2S2. The number of aliphatic imine (C=N–C) groups is 1. The lowest BCUT2D eigenvalue weighted by Crippen LogP contribution is -2.52. The average molecular weight is 461 g/mol. The van der Waals surface area contributed by atoms with E-state index in [0.717, 1.165) is 16.1 Å². The van der Waals surface area contributed by atoms with Gasteiger partial charge in [0.1, 0.15) is 5.01 Å². The summed E-state index contributed by atoms with van der Waals surface area (Å²) in [6, 6.07) is 0. The predicted molar refractivity (Wildman–Crippen MR) is 103 cm³/mol. The number of hydrogen-bond acceptors (Lipinski definition) is 5. The second kappa shape index (κ2) is 8.99. The lowest BCUT2D eigenvalue weighted by molar-refractivity contribution is 0.446. The van der Waals surface area contributed by atoms with Crippen LogP contribution < -0.4 is 15.4 Å². The zero-order valence-electron chi connectivity index (χ0n) is 13.4. The summed E-state index contributed by atoms with van der Waals surface area (Å²) in [5.74, 6) is 0.603. The molecule has 0 aliphatic heterocycles. The first kappa shape index (κ1) is 21.5. The van der Waals surface area contributed by atoms with Gasteiger partial charge in [-0.15, -0.1) is 35.3 Å². The minimum absolute atomic E-state index is 0. The molecule has 0 amide bonds. The zero-order chi connectivity index (χ0) is 16.1. The molecule has 0 spiro atoms. The number of nitrogens with one attached hydrogen (secondary N) is 3. The third-order valence-electron chi connectivity index (χ3n) is 2.46.